The molecule has 0 saturated heterocycles. The number of nitrogen functional groups attached to an aromatic ring is 1. The predicted molar refractivity (Wildman–Crippen MR) is 79.3 cm³/mol. The lowest BCUT2D eigenvalue weighted by Gasteiger charge is -2.05. The molecule has 0 fully saturated rings. The van der Waals surface area contributed by atoms with Gasteiger partial charge >= 0.3 is 0 Å². The van der Waals surface area contributed by atoms with Crippen LogP contribution in [-0.4, -0.2) is 15.2 Å². The molecule has 0 spiro atoms. The monoisotopic (exact) mass is 332 g/mol. The molecule has 0 saturated carbocycles. The second-order valence-electron chi connectivity index (χ2n) is 4.26. The van der Waals surface area contributed by atoms with E-state index < -0.39 is 0 Å². The first kappa shape index (κ1) is 12.8. The summed E-state index contributed by atoms with van der Waals surface area (Å²) in [6.45, 7) is 0. The maximum absolute atomic E-state index is 13.5. The van der Waals surface area contributed by atoms with Gasteiger partial charge in [-0.15, -0.1) is 0 Å². The molecule has 3 N–H and O–H groups in total. The zero-order valence-corrected chi connectivity index (χ0v) is 11.9. The van der Waals surface area contributed by atoms with E-state index in [1.54, 1.807) is 18.5 Å². The van der Waals surface area contributed by atoms with Gasteiger partial charge in [-0.05, 0) is 24.3 Å². The van der Waals surface area contributed by atoms with Crippen LogP contribution < -0.4 is 5.73 Å². The molecule has 1 aromatic carbocycles. The number of pyridine rings is 1. The van der Waals surface area contributed by atoms with Gasteiger partial charge in [-0.25, -0.2) is 4.39 Å². The van der Waals surface area contributed by atoms with Crippen molar-refractivity contribution < 1.29 is 4.39 Å². The summed E-state index contributed by atoms with van der Waals surface area (Å²) in [6, 6.07) is 8.32. The van der Waals surface area contributed by atoms with Gasteiger partial charge in [0.05, 0.1) is 11.3 Å². The predicted octanol–water partition coefficient (Wildman–Crippen LogP) is 3.62. The van der Waals surface area contributed by atoms with Gasteiger partial charge in [0.25, 0.3) is 0 Å². The normalized spacial score (nSPS) is 10.7. The van der Waals surface area contributed by atoms with Crippen molar-refractivity contribution in [1.82, 2.24) is 15.2 Å². The Morgan fingerprint density at radius 2 is 2.05 bits per heavy atom. The summed E-state index contributed by atoms with van der Waals surface area (Å²) in [5.74, 6) is 0.0214. The van der Waals surface area contributed by atoms with Crippen molar-refractivity contribution in [2.24, 2.45) is 0 Å². The maximum Gasteiger partial charge on any atom is 0.153 e. The first-order chi connectivity index (χ1) is 9.65. The molecular formula is C14H10BrFN4. The molecule has 100 valence electrons. The van der Waals surface area contributed by atoms with Gasteiger partial charge in [0.15, 0.2) is 5.82 Å². The van der Waals surface area contributed by atoms with Crippen molar-refractivity contribution in [3.8, 4) is 22.4 Å². The van der Waals surface area contributed by atoms with Gasteiger partial charge in [-0.1, -0.05) is 22.0 Å². The molecule has 0 unspecified atom stereocenters. The number of nitrogens with zero attached hydrogens (tertiary/aromatic N) is 2. The number of benzene rings is 1. The van der Waals surface area contributed by atoms with E-state index in [1.165, 1.54) is 12.1 Å². The number of H-pyrrole nitrogens is 1. The van der Waals surface area contributed by atoms with Crippen LogP contribution >= 0.6 is 15.9 Å². The lowest BCUT2D eigenvalue weighted by atomic mass is 10.0. The SMILES string of the molecule is Nc1n[nH]c(-c2cc(F)cc(Br)c2)c1-c1cccnc1. The second kappa shape index (κ2) is 5.05. The van der Waals surface area contributed by atoms with Crippen LogP contribution in [0.5, 0.6) is 0 Å². The number of nitrogens with one attached hydrogen (secondary N) is 1. The van der Waals surface area contributed by atoms with E-state index in [-0.39, 0.29) is 5.82 Å². The van der Waals surface area contributed by atoms with E-state index >= 15 is 0 Å². The van der Waals surface area contributed by atoms with Crippen molar-refractivity contribution in [3.63, 3.8) is 0 Å². The summed E-state index contributed by atoms with van der Waals surface area (Å²) < 4.78 is 14.2. The number of hydrogen-bond acceptors (Lipinski definition) is 3. The smallest absolute Gasteiger partial charge is 0.153 e. The van der Waals surface area contributed by atoms with Crippen LogP contribution in [0.2, 0.25) is 0 Å². The largest absolute Gasteiger partial charge is 0.382 e. The average Bonchev–Trinajstić information content (AvgIpc) is 2.80. The Morgan fingerprint density at radius 3 is 2.75 bits per heavy atom. The van der Waals surface area contributed by atoms with E-state index in [9.17, 15) is 4.39 Å². The molecule has 3 aromatic rings. The molecule has 0 aliphatic carbocycles. The zero-order chi connectivity index (χ0) is 14.1. The molecule has 0 amide bonds. The maximum atomic E-state index is 13.5. The molecule has 2 aromatic heterocycles. The van der Waals surface area contributed by atoms with Crippen LogP contribution in [0, 0.1) is 5.82 Å². The highest BCUT2D eigenvalue weighted by Gasteiger charge is 2.15. The standard InChI is InChI=1S/C14H10BrFN4/c15-10-4-9(5-11(16)6-10)13-12(14(17)20-19-13)8-2-1-3-18-7-8/h1-7H,(H3,17,19,20). The van der Waals surface area contributed by atoms with Gasteiger partial charge in [0.2, 0.25) is 0 Å². The summed E-state index contributed by atoms with van der Waals surface area (Å²) >= 11 is 3.28. The Kier molecular flexibility index (Phi) is 3.23. The summed E-state index contributed by atoms with van der Waals surface area (Å²) in [4.78, 5) is 4.07. The number of aromatic amines is 1. The Morgan fingerprint density at radius 1 is 1.20 bits per heavy atom. The van der Waals surface area contributed by atoms with E-state index in [0.29, 0.717) is 21.5 Å². The van der Waals surface area contributed by atoms with Gasteiger partial charge in [-0.2, -0.15) is 5.10 Å². The topological polar surface area (TPSA) is 67.6 Å². The molecule has 20 heavy (non-hydrogen) atoms. The van der Waals surface area contributed by atoms with Crippen LogP contribution in [0.4, 0.5) is 10.2 Å². The molecular weight excluding hydrogens is 323 g/mol. The fraction of sp³-hybridized carbons (Fsp3) is 0. The first-order valence-electron chi connectivity index (χ1n) is 5.86. The molecule has 0 bridgehead atoms. The van der Waals surface area contributed by atoms with Gasteiger partial charge in [0, 0.05) is 28.0 Å². The Bertz CT molecular complexity index is 735. The zero-order valence-electron chi connectivity index (χ0n) is 10.3. The van der Waals surface area contributed by atoms with Crippen LogP contribution in [0.25, 0.3) is 22.4 Å². The summed E-state index contributed by atoms with van der Waals surface area (Å²) in [5.41, 5.74) is 8.79. The van der Waals surface area contributed by atoms with Gasteiger partial charge < -0.3 is 5.73 Å². The molecule has 0 aliphatic rings. The lowest BCUT2D eigenvalue weighted by molar-refractivity contribution is 0.627. The molecule has 4 nitrogen and oxygen atoms in total. The third-order valence-electron chi connectivity index (χ3n) is 2.90. The lowest BCUT2D eigenvalue weighted by Crippen LogP contribution is -1.89. The fourth-order valence-electron chi connectivity index (χ4n) is 2.07. The highest BCUT2D eigenvalue weighted by molar-refractivity contribution is 9.10. The third-order valence-corrected chi connectivity index (χ3v) is 3.35. The Hall–Kier alpha value is -2.21. The van der Waals surface area contributed by atoms with Crippen LogP contribution in [0.3, 0.4) is 0 Å². The van der Waals surface area contributed by atoms with Crippen molar-refractivity contribution in [1.29, 1.82) is 0 Å². The van der Waals surface area contributed by atoms with Crippen molar-refractivity contribution in [2.45, 2.75) is 0 Å². The van der Waals surface area contributed by atoms with E-state index in [4.69, 9.17) is 5.73 Å². The highest BCUT2D eigenvalue weighted by atomic mass is 79.9. The molecule has 6 heteroatoms. The second-order valence-corrected chi connectivity index (χ2v) is 5.17. The fourth-order valence-corrected chi connectivity index (χ4v) is 2.53. The highest BCUT2D eigenvalue weighted by Crippen LogP contribution is 2.35. The molecule has 3 rings (SSSR count). The number of nitrogens with two attached hydrogens (primary N) is 1. The first-order valence-corrected chi connectivity index (χ1v) is 6.65. The minimum absolute atomic E-state index is 0.334. The van der Waals surface area contributed by atoms with Crippen molar-refractivity contribution in [3.05, 3.63) is 53.0 Å². The van der Waals surface area contributed by atoms with Gasteiger partial charge in [-0.3, -0.25) is 10.1 Å². The van der Waals surface area contributed by atoms with E-state index in [1.807, 2.05) is 12.1 Å². The Labute approximate surface area is 123 Å². The minimum atomic E-state index is -0.334. The van der Waals surface area contributed by atoms with Crippen LogP contribution in [0.15, 0.2) is 47.2 Å². The Balaban J connectivity index is 2.21. The average molecular weight is 333 g/mol. The molecule has 0 atom stereocenters. The number of anilines is 1. The van der Waals surface area contributed by atoms with Crippen LogP contribution in [0.1, 0.15) is 0 Å². The van der Waals surface area contributed by atoms with Crippen LogP contribution in [-0.2, 0) is 0 Å². The summed E-state index contributed by atoms with van der Waals surface area (Å²) in [5, 5.41) is 6.87. The number of hydrogen-bond donors (Lipinski definition) is 2. The van der Waals surface area contributed by atoms with E-state index in [2.05, 4.69) is 31.1 Å². The number of aromatic nitrogens is 3. The molecule has 0 aliphatic heterocycles. The molecule has 0 radical (unpaired) electrons. The van der Waals surface area contributed by atoms with E-state index in [0.717, 1.165) is 11.1 Å². The number of halogens is 2. The number of rotatable bonds is 2. The minimum Gasteiger partial charge on any atom is -0.382 e. The quantitative estimate of drug-likeness (QED) is 0.753. The van der Waals surface area contributed by atoms with Crippen molar-refractivity contribution >= 4 is 21.7 Å². The van der Waals surface area contributed by atoms with Gasteiger partial charge in [0.1, 0.15) is 5.82 Å². The summed E-state index contributed by atoms with van der Waals surface area (Å²) in [7, 11) is 0. The molecule has 2 heterocycles. The third kappa shape index (κ3) is 2.30. The van der Waals surface area contributed by atoms with Crippen molar-refractivity contribution in [2.75, 3.05) is 5.73 Å². The summed E-state index contributed by atoms with van der Waals surface area (Å²) in [6.07, 6.45) is 3.37.